The Balaban J connectivity index is 5.40. The number of hydrogen-bond acceptors (Lipinski definition) is 9. The lowest BCUT2D eigenvalue weighted by Gasteiger charge is -2.24. The quantitative estimate of drug-likeness (QED) is 0.0462. The van der Waals surface area contributed by atoms with Gasteiger partial charge in [-0.05, 0) is 31.3 Å². The summed E-state index contributed by atoms with van der Waals surface area (Å²) in [7, 11) is 0. The Labute approximate surface area is 211 Å². The molecule has 0 aliphatic carbocycles. The molecule has 0 rings (SSSR count). The van der Waals surface area contributed by atoms with Crippen LogP contribution in [0.25, 0.3) is 0 Å². The number of carbonyl (C=O) groups is 6. The van der Waals surface area contributed by atoms with Gasteiger partial charge < -0.3 is 49.1 Å². The van der Waals surface area contributed by atoms with Crippen molar-refractivity contribution < 1.29 is 39.0 Å². The monoisotopic (exact) mass is 534 g/mol. The van der Waals surface area contributed by atoms with Crippen LogP contribution in [0.4, 0.5) is 0 Å². The molecule has 16 nitrogen and oxygen atoms in total. The molecular formula is C19H34N8O8S. The Bertz CT molecular complexity index is 836. The van der Waals surface area contributed by atoms with Crippen LogP contribution in [-0.4, -0.2) is 94.5 Å². The van der Waals surface area contributed by atoms with E-state index in [0.29, 0.717) is 12.2 Å². The number of aliphatic imine (C=N–C) groups is 1. The van der Waals surface area contributed by atoms with Crippen LogP contribution in [0.1, 0.15) is 32.1 Å². The number of nitrogens with zero attached hydrogens (tertiary/aromatic N) is 1. The zero-order valence-electron chi connectivity index (χ0n) is 19.8. The van der Waals surface area contributed by atoms with Crippen molar-refractivity contribution in [3.05, 3.63) is 0 Å². The number of guanidine groups is 1. The van der Waals surface area contributed by atoms with E-state index < -0.39 is 72.6 Å². The number of nitrogens with one attached hydrogen (secondary N) is 3. The first-order valence-corrected chi connectivity index (χ1v) is 12.1. The molecule has 204 valence electrons. The summed E-state index contributed by atoms with van der Waals surface area (Å²) in [5.41, 5.74) is 21.2. The van der Waals surface area contributed by atoms with E-state index in [2.05, 4.69) is 20.9 Å². The summed E-state index contributed by atoms with van der Waals surface area (Å²) in [4.78, 5) is 75.3. The van der Waals surface area contributed by atoms with E-state index in [1.54, 1.807) is 6.26 Å². The van der Waals surface area contributed by atoms with Crippen LogP contribution in [0.5, 0.6) is 0 Å². The van der Waals surface area contributed by atoms with Gasteiger partial charge in [0, 0.05) is 6.54 Å². The molecule has 17 heteroatoms. The summed E-state index contributed by atoms with van der Waals surface area (Å²) in [6, 6.07) is -5.59. The number of nitrogens with two attached hydrogens (primary N) is 4. The van der Waals surface area contributed by atoms with Crippen molar-refractivity contribution in [3.8, 4) is 0 Å². The first-order chi connectivity index (χ1) is 16.8. The van der Waals surface area contributed by atoms with E-state index in [9.17, 15) is 33.9 Å². The second-order valence-corrected chi connectivity index (χ2v) is 8.61. The summed E-state index contributed by atoms with van der Waals surface area (Å²) >= 11 is 1.33. The molecule has 0 bridgehead atoms. The molecule has 36 heavy (non-hydrogen) atoms. The highest BCUT2D eigenvalue weighted by Gasteiger charge is 2.31. The van der Waals surface area contributed by atoms with E-state index in [0.717, 1.165) is 0 Å². The summed E-state index contributed by atoms with van der Waals surface area (Å²) in [6.07, 6.45) is 0.762. The lowest BCUT2D eigenvalue weighted by atomic mass is 10.1. The fourth-order valence-electron chi connectivity index (χ4n) is 2.76. The normalized spacial score (nSPS) is 13.8. The standard InChI is InChI=1S/C19H34N8O8S/c1-36-6-4-10(16(32)27-12(18(34)35)7-13(21)28)25-17(33)11(8-14(29)30)26-15(31)9(20)3-2-5-24-19(22)23/h9-12H,2-8,20H2,1H3,(H2,21,28)(H,25,33)(H,26,31)(H,27,32)(H,29,30)(H,34,35)(H4,22,23,24). The lowest BCUT2D eigenvalue weighted by molar-refractivity contribution is -0.144. The SMILES string of the molecule is CSCCC(NC(=O)C(CC(=O)O)NC(=O)C(N)CCCN=C(N)N)C(=O)NC(CC(N)=O)C(=O)O. The summed E-state index contributed by atoms with van der Waals surface area (Å²) in [5.74, 6) is -6.39. The van der Waals surface area contributed by atoms with Crippen LogP contribution in [-0.2, 0) is 28.8 Å². The van der Waals surface area contributed by atoms with Crippen LogP contribution in [0.2, 0.25) is 0 Å². The van der Waals surface area contributed by atoms with Gasteiger partial charge in [0.1, 0.15) is 18.1 Å². The van der Waals surface area contributed by atoms with Gasteiger partial charge in [0.2, 0.25) is 23.6 Å². The number of hydrogen-bond donors (Lipinski definition) is 9. The number of aliphatic carboxylic acids is 2. The zero-order chi connectivity index (χ0) is 27.8. The number of amides is 4. The van der Waals surface area contributed by atoms with Crippen molar-refractivity contribution in [2.75, 3.05) is 18.6 Å². The van der Waals surface area contributed by atoms with Gasteiger partial charge in [-0.15, -0.1) is 0 Å². The maximum atomic E-state index is 12.8. The number of carboxylic acids is 2. The highest BCUT2D eigenvalue weighted by atomic mass is 32.2. The molecule has 4 atom stereocenters. The number of carbonyl (C=O) groups excluding carboxylic acids is 4. The Morgan fingerprint density at radius 1 is 0.833 bits per heavy atom. The average Bonchev–Trinajstić information content (AvgIpc) is 2.77. The average molecular weight is 535 g/mol. The van der Waals surface area contributed by atoms with Gasteiger partial charge in [0.25, 0.3) is 0 Å². The fourth-order valence-corrected chi connectivity index (χ4v) is 3.23. The fraction of sp³-hybridized carbons (Fsp3) is 0.632. The molecule has 0 saturated carbocycles. The predicted octanol–water partition coefficient (Wildman–Crippen LogP) is -3.99. The van der Waals surface area contributed by atoms with Gasteiger partial charge in [-0.1, -0.05) is 0 Å². The van der Waals surface area contributed by atoms with E-state index in [-0.39, 0.29) is 25.3 Å². The van der Waals surface area contributed by atoms with Gasteiger partial charge in [0.15, 0.2) is 5.96 Å². The highest BCUT2D eigenvalue weighted by Crippen LogP contribution is 2.05. The Morgan fingerprint density at radius 3 is 1.89 bits per heavy atom. The zero-order valence-corrected chi connectivity index (χ0v) is 20.6. The van der Waals surface area contributed by atoms with E-state index in [1.807, 2.05) is 0 Å². The maximum absolute atomic E-state index is 12.8. The van der Waals surface area contributed by atoms with Gasteiger partial charge in [0.05, 0.1) is 18.9 Å². The van der Waals surface area contributed by atoms with Crippen molar-refractivity contribution in [2.45, 2.75) is 56.3 Å². The number of primary amides is 1. The smallest absolute Gasteiger partial charge is 0.326 e. The van der Waals surface area contributed by atoms with Gasteiger partial charge in [-0.3, -0.25) is 29.0 Å². The van der Waals surface area contributed by atoms with Crippen molar-refractivity contribution >= 4 is 53.3 Å². The molecular weight excluding hydrogens is 500 g/mol. The highest BCUT2D eigenvalue weighted by molar-refractivity contribution is 7.98. The van der Waals surface area contributed by atoms with Crippen LogP contribution < -0.4 is 38.9 Å². The third kappa shape index (κ3) is 14.0. The van der Waals surface area contributed by atoms with Crippen molar-refractivity contribution in [3.63, 3.8) is 0 Å². The van der Waals surface area contributed by atoms with Crippen LogP contribution in [0.15, 0.2) is 4.99 Å². The third-order valence-corrected chi connectivity index (χ3v) is 5.22. The van der Waals surface area contributed by atoms with Gasteiger partial charge in [-0.25, -0.2) is 4.79 Å². The molecule has 4 unspecified atom stereocenters. The first-order valence-electron chi connectivity index (χ1n) is 10.7. The Morgan fingerprint density at radius 2 is 1.39 bits per heavy atom. The molecule has 0 aliphatic heterocycles. The second-order valence-electron chi connectivity index (χ2n) is 7.63. The third-order valence-electron chi connectivity index (χ3n) is 4.58. The summed E-state index contributed by atoms with van der Waals surface area (Å²) in [5, 5.41) is 25.1. The molecule has 0 heterocycles. The minimum Gasteiger partial charge on any atom is -0.481 e. The Kier molecular flexibility index (Phi) is 15.2. The van der Waals surface area contributed by atoms with E-state index >= 15 is 0 Å². The van der Waals surface area contributed by atoms with E-state index in [4.69, 9.17) is 28.0 Å². The molecule has 0 spiro atoms. The summed E-state index contributed by atoms with van der Waals surface area (Å²) < 4.78 is 0. The minimum absolute atomic E-state index is 0.0414. The predicted molar refractivity (Wildman–Crippen MR) is 130 cm³/mol. The molecule has 0 aromatic carbocycles. The molecule has 0 aliphatic rings. The minimum atomic E-state index is -1.63. The van der Waals surface area contributed by atoms with Gasteiger partial charge in [-0.2, -0.15) is 11.8 Å². The summed E-state index contributed by atoms with van der Waals surface area (Å²) in [6.45, 7) is 0.210. The first kappa shape index (κ1) is 32.4. The number of carboxylic acid groups (broad SMARTS) is 2. The molecule has 13 N–H and O–H groups in total. The number of thioether (sulfide) groups is 1. The van der Waals surface area contributed by atoms with Crippen LogP contribution in [0.3, 0.4) is 0 Å². The van der Waals surface area contributed by atoms with Gasteiger partial charge >= 0.3 is 11.9 Å². The number of rotatable bonds is 18. The largest absolute Gasteiger partial charge is 0.481 e. The molecule has 0 aromatic rings. The molecule has 0 aromatic heterocycles. The molecule has 0 fully saturated rings. The molecule has 4 amide bonds. The molecule has 0 radical (unpaired) electrons. The van der Waals surface area contributed by atoms with Crippen molar-refractivity contribution in [1.82, 2.24) is 16.0 Å². The lowest BCUT2D eigenvalue weighted by Crippen LogP contribution is -2.57. The Hall–Kier alpha value is -3.60. The van der Waals surface area contributed by atoms with E-state index in [1.165, 1.54) is 11.8 Å². The van der Waals surface area contributed by atoms with Crippen LogP contribution in [0, 0.1) is 0 Å². The second kappa shape index (κ2) is 16.9. The van der Waals surface area contributed by atoms with Crippen LogP contribution >= 0.6 is 11.8 Å². The molecule has 0 saturated heterocycles. The van der Waals surface area contributed by atoms with Crippen molar-refractivity contribution in [2.24, 2.45) is 27.9 Å². The maximum Gasteiger partial charge on any atom is 0.326 e. The topological polar surface area (TPSA) is 295 Å². The van der Waals surface area contributed by atoms with Crippen molar-refractivity contribution in [1.29, 1.82) is 0 Å².